The largest absolute Gasteiger partial charge is 0.206 e. The van der Waals surface area contributed by atoms with Crippen molar-refractivity contribution in [3.63, 3.8) is 0 Å². The van der Waals surface area contributed by atoms with Crippen LogP contribution in [0.1, 0.15) is 47.6 Å². The quantitative estimate of drug-likeness (QED) is 0.683. The molecular weight excluding hydrogens is 247 g/mol. The minimum Gasteiger partial charge on any atom is -0.206 e. The smallest absolute Gasteiger partial charge is 0.131 e. The molecule has 0 heterocycles. The first kappa shape index (κ1) is 13.6. The number of halogens is 1. The van der Waals surface area contributed by atoms with Crippen molar-refractivity contribution in [3.8, 4) is 0 Å². The van der Waals surface area contributed by atoms with Crippen LogP contribution in [-0.4, -0.2) is 0 Å². The maximum atomic E-state index is 14.4. The zero-order valence-electron chi connectivity index (χ0n) is 12.9. The van der Waals surface area contributed by atoms with Crippen LogP contribution >= 0.6 is 0 Å². The predicted octanol–water partition coefficient (Wildman–Crippen LogP) is 5.42. The molecule has 0 spiro atoms. The molecule has 1 atom stereocenters. The highest BCUT2D eigenvalue weighted by Crippen LogP contribution is 2.40. The first-order valence-electron chi connectivity index (χ1n) is 7.73. The topological polar surface area (TPSA) is 0 Å². The zero-order chi connectivity index (χ0) is 14.4. The fourth-order valence-corrected chi connectivity index (χ4v) is 3.94. The average molecular weight is 270 g/mol. The lowest BCUT2D eigenvalue weighted by molar-refractivity contribution is 0.507. The SMILES string of the molecule is CCCC1Cc2c(C)c(C)c3c(F)cc(C)cc3c2C1. The Balaban J connectivity index is 2.29. The maximum absolute atomic E-state index is 14.4. The van der Waals surface area contributed by atoms with Gasteiger partial charge in [0.25, 0.3) is 0 Å². The minimum absolute atomic E-state index is 0.0534. The molecule has 1 aliphatic carbocycles. The molecular formula is C19H23F. The molecule has 0 radical (unpaired) electrons. The highest BCUT2D eigenvalue weighted by Gasteiger charge is 2.26. The molecule has 0 aromatic heterocycles. The van der Waals surface area contributed by atoms with E-state index >= 15 is 0 Å². The van der Waals surface area contributed by atoms with Gasteiger partial charge in [-0.2, -0.15) is 0 Å². The fraction of sp³-hybridized carbons (Fsp3) is 0.474. The summed E-state index contributed by atoms with van der Waals surface area (Å²) in [6, 6.07) is 3.84. The molecule has 2 aromatic carbocycles. The second kappa shape index (κ2) is 4.87. The van der Waals surface area contributed by atoms with E-state index in [1.165, 1.54) is 41.3 Å². The lowest BCUT2D eigenvalue weighted by Crippen LogP contribution is -1.98. The second-order valence-electron chi connectivity index (χ2n) is 6.44. The molecule has 0 N–H and O–H groups in total. The summed E-state index contributed by atoms with van der Waals surface area (Å²) in [6.07, 6.45) is 4.83. The monoisotopic (exact) mass is 270 g/mol. The molecule has 0 bridgehead atoms. The standard InChI is InChI=1S/C19H23F/c1-5-6-14-9-15-12(3)13(4)19-17(16(15)10-14)7-11(2)8-18(19)20/h7-8,14H,5-6,9-10H2,1-4H3. The summed E-state index contributed by atoms with van der Waals surface area (Å²) in [7, 11) is 0. The van der Waals surface area contributed by atoms with Gasteiger partial charge in [0.05, 0.1) is 0 Å². The number of benzene rings is 2. The van der Waals surface area contributed by atoms with E-state index < -0.39 is 0 Å². The Morgan fingerprint density at radius 1 is 1.05 bits per heavy atom. The Bertz CT molecular complexity index is 682. The highest BCUT2D eigenvalue weighted by atomic mass is 19.1. The Hall–Kier alpha value is -1.37. The molecule has 0 amide bonds. The Kier molecular flexibility index (Phi) is 3.32. The van der Waals surface area contributed by atoms with Crippen LogP contribution in [0.15, 0.2) is 12.1 Å². The normalized spacial score (nSPS) is 17.8. The molecule has 1 unspecified atom stereocenters. The van der Waals surface area contributed by atoms with Gasteiger partial charge < -0.3 is 0 Å². The van der Waals surface area contributed by atoms with Gasteiger partial charge in [0.15, 0.2) is 0 Å². The predicted molar refractivity (Wildman–Crippen MR) is 83.9 cm³/mol. The molecule has 20 heavy (non-hydrogen) atoms. The summed E-state index contributed by atoms with van der Waals surface area (Å²) in [6.45, 7) is 8.48. The van der Waals surface area contributed by atoms with Crippen LogP contribution in [0.3, 0.4) is 0 Å². The maximum Gasteiger partial charge on any atom is 0.131 e. The lowest BCUT2D eigenvalue weighted by atomic mass is 9.91. The summed E-state index contributed by atoms with van der Waals surface area (Å²) >= 11 is 0. The van der Waals surface area contributed by atoms with Crippen LogP contribution in [0.4, 0.5) is 4.39 Å². The first-order chi connectivity index (χ1) is 9.52. The van der Waals surface area contributed by atoms with Crippen molar-refractivity contribution in [3.05, 3.63) is 45.8 Å². The van der Waals surface area contributed by atoms with E-state index in [-0.39, 0.29) is 5.82 Å². The van der Waals surface area contributed by atoms with Crippen LogP contribution in [0.2, 0.25) is 0 Å². The van der Waals surface area contributed by atoms with Gasteiger partial charge in [-0.15, -0.1) is 0 Å². The van der Waals surface area contributed by atoms with Gasteiger partial charge in [-0.25, -0.2) is 4.39 Å². The molecule has 0 nitrogen and oxygen atoms in total. The van der Waals surface area contributed by atoms with Gasteiger partial charge in [0.1, 0.15) is 5.82 Å². The summed E-state index contributed by atoms with van der Waals surface area (Å²) in [5.74, 6) is 0.699. The van der Waals surface area contributed by atoms with E-state index in [0.717, 1.165) is 28.9 Å². The van der Waals surface area contributed by atoms with Crippen LogP contribution in [0.25, 0.3) is 10.8 Å². The van der Waals surface area contributed by atoms with Gasteiger partial charge >= 0.3 is 0 Å². The van der Waals surface area contributed by atoms with E-state index in [1.54, 1.807) is 6.07 Å². The molecule has 3 rings (SSSR count). The summed E-state index contributed by atoms with van der Waals surface area (Å²) < 4.78 is 14.4. The van der Waals surface area contributed by atoms with Crippen molar-refractivity contribution in [2.24, 2.45) is 5.92 Å². The van der Waals surface area contributed by atoms with Crippen LogP contribution in [0.5, 0.6) is 0 Å². The van der Waals surface area contributed by atoms with E-state index in [0.29, 0.717) is 0 Å². The van der Waals surface area contributed by atoms with Crippen molar-refractivity contribution in [1.29, 1.82) is 0 Å². The Labute approximate surface area is 121 Å². The van der Waals surface area contributed by atoms with Gasteiger partial charge in [-0.05, 0) is 78.8 Å². The number of hydrogen-bond acceptors (Lipinski definition) is 0. The number of aryl methyl sites for hydroxylation is 2. The number of fused-ring (bicyclic) bond motifs is 3. The van der Waals surface area contributed by atoms with E-state index in [1.807, 2.05) is 6.92 Å². The summed E-state index contributed by atoms with van der Waals surface area (Å²) in [5, 5.41) is 2.02. The van der Waals surface area contributed by atoms with Crippen molar-refractivity contribution in [1.82, 2.24) is 0 Å². The van der Waals surface area contributed by atoms with Crippen molar-refractivity contribution < 1.29 is 4.39 Å². The van der Waals surface area contributed by atoms with Crippen LogP contribution < -0.4 is 0 Å². The van der Waals surface area contributed by atoms with Crippen LogP contribution in [0, 0.1) is 32.5 Å². The highest BCUT2D eigenvalue weighted by molar-refractivity contribution is 5.92. The van der Waals surface area contributed by atoms with E-state index in [2.05, 4.69) is 26.8 Å². The zero-order valence-corrected chi connectivity index (χ0v) is 12.9. The lowest BCUT2D eigenvalue weighted by Gasteiger charge is -2.15. The third-order valence-electron chi connectivity index (χ3n) is 5.00. The molecule has 0 saturated carbocycles. The summed E-state index contributed by atoms with van der Waals surface area (Å²) in [5.41, 5.74) is 6.39. The minimum atomic E-state index is -0.0534. The average Bonchev–Trinajstić information content (AvgIpc) is 2.80. The molecule has 0 aliphatic heterocycles. The van der Waals surface area contributed by atoms with Gasteiger partial charge in [0, 0.05) is 5.39 Å². The fourth-order valence-electron chi connectivity index (χ4n) is 3.94. The Morgan fingerprint density at radius 3 is 2.45 bits per heavy atom. The second-order valence-corrected chi connectivity index (χ2v) is 6.44. The van der Waals surface area contributed by atoms with Crippen molar-refractivity contribution in [2.45, 2.75) is 53.4 Å². The molecule has 1 aliphatic rings. The Morgan fingerprint density at radius 2 is 1.75 bits per heavy atom. The molecule has 2 aromatic rings. The number of rotatable bonds is 2. The first-order valence-corrected chi connectivity index (χ1v) is 7.73. The summed E-state index contributed by atoms with van der Waals surface area (Å²) in [4.78, 5) is 0. The van der Waals surface area contributed by atoms with Gasteiger partial charge in [-0.3, -0.25) is 0 Å². The van der Waals surface area contributed by atoms with Crippen molar-refractivity contribution >= 4 is 10.8 Å². The molecule has 1 heteroatoms. The van der Waals surface area contributed by atoms with E-state index in [4.69, 9.17) is 0 Å². The molecule has 0 saturated heterocycles. The molecule has 0 fully saturated rings. The van der Waals surface area contributed by atoms with Gasteiger partial charge in [0.2, 0.25) is 0 Å². The number of hydrogen-bond donors (Lipinski definition) is 0. The van der Waals surface area contributed by atoms with Crippen molar-refractivity contribution in [2.75, 3.05) is 0 Å². The van der Waals surface area contributed by atoms with Crippen LogP contribution in [-0.2, 0) is 12.8 Å². The third-order valence-corrected chi connectivity index (χ3v) is 5.00. The third kappa shape index (κ3) is 1.95. The molecule has 106 valence electrons. The van der Waals surface area contributed by atoms with E-state index in [9.17, 15) is 4.39 Å². The van der Waals surface area contributed by atoms with Gasteiger partial charge in [-0.1, -0.05) is 25.8 Å².